The van der Waals surface area contributed by atoms with Crippen molar-refractivity contribution in [1.82, 2.24) is 0 Å². The van der Waals surface area contributed by atoms with Crippen LogP contribution in [0.15, 0.2) is 36.4 Å². The molecule has 18 heavy (non-hydrogen) atoms. The Morgan fingerprint density at radius 2 is 1.56 bits per heavy atom. The second kappa shape index (κ2) is 5.00. The predicted octanol–water partition coefficient (Wildman–Crippen LogP) is 3.26. The van der Waals surface area contributed by atoms with Crippen LogP contribution in [0.4, 0.5) is 5.69 Å². The first-order valence-corrected chi connectivity index (χ1v) is 5.75. The Morgan fingerprint density at radius 3 is 2.11 bits per heavy atom. The van der Waals surface area contributed by atoms with Gasteiger partial charge in [-0.3, -0.25) is 0 Å². The number of hydrogen-bond acceptors (Lipinski definition) is 3. The van der Waals surface area contributed by atoms with E-state index in [0.29, 0.717) is 0 Å². The first-order chi connectivity index (χ1) is 8.67. The van der Waals surface area contributed by atoms with Crippen molar-refractivity contribution < 1.29 is 9.47 Å². The smallest absolute Gasteiger partial charge is 0.122 e. The van der Waals surface area contributed by atoms with Gasteiger partial charge in [0.1, 0.15) is 11.5 Å². The lowest BCUT2D eigenvalue weighted by molar-refractivity contribution is 0.412. The zero-order chi connectivity index (χ0) is 13.1. The first-order valence-electron chi connectivity index (χ1n) is 5.75. The molecule has 94 valence electrons. The Balaban J connectivity index is 2.55. The van der Waals surface area contributed by atoms with E-state index in [0.717, 1.165) is 33.9 Å². The van der Waals surface area contributed by atoms with Gasteiger partial charge in [0.25, 0.3) is 0 Å². The number of methoxy groups -OCH3 is 2. The standard InChI is InChI=1S/C15H17NO2/c1-10-14(18-3)9-8-13(16)15(10)11-4-6-12(17-2)7-5-11/h4-9H,16H2,1-3H3. The molecule has 0 unspecified atom stereocenters. The first kappa shape index (κ1) is 12.3. The molecule has 0 aromatic heterocycles. The lowest BCUT2D eigenvalue weighted by atomic mass is 9.98. The number of ether oxygens (including phenoxy) is 2. The van der Waals surface area contributed by atoms with Crippen LogP contribution < -0.4 is 15.2 Å². The summed E-state index contributed by atoms with van der Waals surface area (Å²) < 4.78 is 10.5. The number of hydrogen-bond donors (Lipinski definition) is 1. The van der Waals surface area contributed by atoms with Crippen LogP contribution in [0.1, 0.15) is 5.56 Å². The highest BCUT2D eigenvalue weighted by atomic mass is 16.5. The van der Waals surface area contributed by atoms with E-state index >= 15 is 0 Å². The molecule has 0 bridgehead atoms. The summed E-state index contributed by atoms with van der Waals surface area (Å²) in [7, 11) is 3.32. The number of anilines is 1. The largest absolute Gasteiger partial charge is 0.497 e. The average Bonchev–Trinajstić information content (AvgIpc) is 2.40. The molecule has 0 radical (unpaired) electrons. The average molecular weight is 243 g/mol. The summed E-state index contributed by atoms with van der Waals surface area (Å²) in [4.78, 5) is 0. The molecule has 0 aliphatic carbocycles. The molecule has 3 nitrogen and oxygen atoms in total. The molecule has 2 N–H and O–H groups in total. The number of benzene rings is 2. The normalized spacial score (nSPS) is 10.2. The molecule has 0 amide bonds. The van der Waals surface area contributed by atoms with E-state index in [4.69, 9.17) is 15.2 Å². The SMILES string of the molecule is COc1ccc(-c2c(N)ccc(OC)c2C)cc1. The van der Waals surface area contributed by atoms with Gasteiger partial charge in [0, 0.05) is 16.8 Å². The monoisotopic (exact) mass is 243 g/mol. The summed E-state index contributed by atoms with van der Waals surface area (Å²) in [6, 6.07) is 11.6. The Kier molecular flexibility index (Phi) is 3.42. The summed E-state index contributed by atoms with van der Waals surface area (Å²) in [5.41, 5.74) is 9.92. The van der Waals surface area contributed by atoms with Crippen LogP contribution in [-0.4, -0.2) is 14.2 Å². The molecule has 0 aliphatic rings. The lowest BCUT2D eigenvalue weighted by Crippen LogP contribution is -1.96. The highest BCUT2D eigenvalue weighted by Crippen LogP contribution is 2.35. The van der Waals surface area contributed by atoms with Crippen molar-refractivity contribution in [1.29, 1.82) is 0 Å². The topological polar surface area (TPSA) is 44.5 Å². The molecule has 3 heteroatoms. The van der Waals surface area contributed by atoms with Gasteiger partial charge in [0.2, 0.25) is 0 Å². The number of rotatable bonds is 3. The third-order valence-electron chi connectivity index (χ3n) is 3.05. The molecule has 0 saturated heterocycles. The summed E-state index contributed by atoms with van der Waals surface area (Å²) in [6.45, 7) is 2.01. The Bertz CT molecular complexity index is 547. The molecule has 2 aromatic rings. The summed E-state index contributed by atoms with van der Waals surface area (Å²) in [5, 5.41) is 0. The summed E-state index contributed by atoms with van der Waals surface area (Å²) in [6.07, 6.45) is 0. The maximum Gasteiger partial charge on any atom is 0.122 e. The van der Waals surface area contributed by atoms with E-state index in [-0.39, 0.29) is 0 Å². The lowest BCUT2D eigenvalue weighted by Gasteiger charge is -2.13. The van der Waals surface area contributed by atoms with E-state index in [1.54, 1.807) is 14.2 Å². The van der Waals surface area contributed by atoms with Crippen molar-refractivity contribution in [3.05, 3.63) is 42.0 Å². The van der Waals surface area contributed by atoms with Crippen LogP contribution in [0.5, 0.6) is 11.5 Å². The van der Waals surface area contributed by atoms with Gasteiger partial charge in [-0.1, -0.05) is 12.1 Å². The Labute approximate surface area is 107 Å². The van der Waals surface area contributed by atoms with Crippen molar-refractivity contribution in [2.45, 2.75) is 6.92 Å². The van der Waals surface area contributed by atoms with Crippen molar-refractivity contribution in [2.24, 2.45) is 0 Å². The molecule has 0 aliphatic heterocycles. The number of nitrogen functional groups attached to an aromatic ring is 1. The van der Waals surface area contributed by atoms with Gasteiger partial charge in [-0.2, -0.15) is 0 Å². The zero-order valence-electron chi connectivity index (χ0n) is 10.9. The molecule has 2 rings (SSSR count). The molecule has 0 spiro atoms. The fourth-order valence-electron chi connectivity index (χ4n) is 2.08. The van der Waals surface area contributed by atoms with Gasteiger partial charge in [-0.25, -0.2) is 0 Å². The van der Waals surface area contributed by atoms with Crippen molar-refractivity contribution >= 4 is 5.69 Å². The Morgan fingerprint density at radius 1 is 0.889 bits per heavy atom. The van der Waals surface area contributed by atoms with E-state index in [1.165, 1.54) is 0 Å². The minimum absolute atomic E-state index is 0.749. The minimum Gasteiger partial charge on any atom is -0.497 e. The zero-order valence-corrected chi connectivity index (χ0v) is 10.9. The van der Waals surface area contributed by atoms with Gasteiger partial charge in [-0.05, 0) is 36.8 Å². The van der Waals surface area contributed by atoms with Gasteiger partial charge < -0.3 is 15.2 Å². The predicted molar refractivity (Wildman–Crippen MR) is 74.1 cm³/mol. The molecule has 0 atom stereocenters. The maximum atomic E-state index is 6.06. The minimum atomic E-state index is 0.749. The fourth-order valence-corrected chi connectivity index (χ4v) is 2.08. The summed E-state index contributed by atoms with van der Waals surface area (Å²) >= 11 is 0. The summed E-state index contributed by atoms with van der Waals surface area (Å²) in [5.74, 6) is 1.67. The molecule has 2 aromatic carbocycles. The van der Waals surface area contributed by atoms with Crippen LogP contribution in [-0.2, 0) is 0 Å². The van der Waals surface area contributed by atoms with E-state index < -0.39 is 0 Å². The second-order valence-corrected chi connectivity index (χ2v) is 4.09. The number of nitrogens with two attached hydrogens (primary N) is 1. The van der Waals surface area contributed by atoms with Gasteiger partial charge >= 0.3 is 0 Å². The van der Waals surface area contributed by atoms with E-state index in [2.05, 4.69) is 0 Å². The molecule has 0 heterocycles. The fraction of sp³-hybridized carbons (Fsp3) is 0.200. The van der Waals surface area contributed by atoms with Crippen molar-refractivity contribution in [3.8, 4) is 22.6 Å². The van der Waals surface area contributed by atoms with Gasteiger partial charge in [0.05, 0.1) is 14.2 Å². The highest BCUT2D eigenvalue weighted by molar-refractivity contribution is 5.81. The molecule has 0 fully saturated rings. The second-order valence-electron chi connectivity index (χ2n) is 4.09. The highest BCUT2D eigenvalue weighted by Gasteiger charge is 2.10. The molecule has 0 saturated carbocycles. The molecular weight excluding hydrogens is 226 g/mol. The third-order valence-corrected chi connectivity index (χ3v) is 3.05. The van der Waals surface area contributed by atoms with Crippen LogP contribution >= 0.6 is 0 Å². The molecular formula is C15H17NO2. The van der Waals surface area contributed by atoms with Crippen molar-refractivity contribution in [2.75, 3.05) is 20.0 Å². The van der Waals surface area contributed by atoms with Crippen LogP contribution in [0.2, 0.25) is 0 Å². The van der Waals surface area contributed by atoms with Gasteiger partial charge in [-0.15, -0.1) is 0 Å². The quantitative estimate of drug-likeness (QED) is 0.841. The van der Waals surface area contributed by atoms with E-state index in [1.807, 2.05) is 43.3 Å². The van der Waals surface area contributed by atoms with Crippen LogP contribution in [0.3, 0.4) is 0 Å². The van der Waals surface area contributed by atoms with Gasteiger partial charge in [0.15, 0.2) is 0 Å². The van der Waals surface area contributed by atoms with E-state index in [9.17, 15) is 0 Å². The van der Waals surface area contributed by atoms with Crippen LogP contribution in [0, 0.1) is 6.92 Å². The maximum absolute atomic E-state index is 6.06. The van der Waals surface area contributed by atoms with Crippen molar-refractivity contribution in [3.63, 3.8) is 0 Å². The third kappa shape index (κ3) is 2.12. The van der Waals surface area contributed by atoms with Crippen LogP contribution in [0.25, 0.3) is 11.1 Å². The Hall–Kier alpha value is -2.16.